The number of benzene rings is 1. The van der Waals surface area contributed by atoms with E-state index >= 15 is 0 Å². The van der Waals surface area contributed by atoms with Crippen molar-refractivity contribution in [1.29, 1.82) is 0 Å². The summed E-state index contributed by atoms with van der Waals surface area (Å²) in [5, 5.41) is 20.9. The molecule has 1 saturated heterocycles. The minimum Gasteiger partial charge on any atom is -0.258 e. The van der Waals surface area contributed by atoms with Crippen LogP contribution >= 0.6 is 0 Å². The summed E-state index contributed by atoms with van der Waals surface area (Å²) in [5.41, 5.74) is 0.790. The lowest BCUT2D eigenvalue weighted by Gasteiger charge is -2.28. The predicted octanol–water partition coefficient (Wildman–Crippen LogP) is 2.47. The Morgan fingerprint density at radius 3 is 2.50 bits per heavy atom. The van der Waals surface area contributed by atoms with Crippen LogP contribution in [0.5, 0.6) is 0 Å². The van der Waals surface area contributed by atoms with Crippen molar-refractivity contribution in [2.45, 2.75) is 25.8 Å². The van der Waals surface area contributed by atoms with Gasteiger partial charge in [-0.1, -0.05) is 0 Å². The van der Waals surface area contributed by atoms with Gasteiger partial charge >= 0.3 is 0 Å². The first-order chi connectivity index (χ1) is 7.54. The zero-order chi connectivity index (χ0) is 11.8. The fourth-order valence-corrected chi connectivity index (χ4v) is 2.28. The highest BCUT2D eigenvalue weighted by Gasteiger charge is 2.40. The molecule has 0 spiro atoms. The number of rotatable bonds is 2. The van der Waals surface area contributed by atoms with Crippen molar-refractivity contribution in [1.82, 2.24) is 4.65 Å². The zero-order valence-electron chi connectivity index (χ0n) is 9.17. The average molecular weight is 223 g/mol. The topological polar surface area (TPSA) is 63.4 Å². The Labute approximate surface area is 93.6 Å². The molecule has 0 radical (unpaired) electrons. The molecule has 1 aromatic carbocycles. The fraction of sp³-hybridized carbons (Fsp3) is 0.455. The van der Waals surface area contributed by atoms with E-state index in [-0.39, 0.29) is 16.4 Å². The zero-order valence-corrected chi connectivity index (χ0v) is 9.17. The van der Waals surface area contributed by atoms with Gasteiger partial charge in [-0.2, -0.15) is 0 Å². The van der Waals surface area contributed by atoms with E-state index in [1.54, 1.807) is 12.1 Å². The molecule has 1 aliphatic heterocycles. The molecule has 0 amide bonds. The summed E-state index contributed by atoms with van der Waals surface area (Å²) in [5.74, 6) is 0. The molecule has 0 bridgehead atoms. The molecule has 0 aromatic heterocycles. The van der Waals surface area contributed by atoms with Crippen molar-refractivity contribution in [3.05, 3.63) is 34.4 Å². The molecule has 5 nitrogen and oxygen atoms in total. The lowest BCUT2D eigenvalue weighted by Crippen LogP contribution is -2.48. The maximum atomic E-state index is 10.5. The van der Waals surface area contributed by atoms with Crippen LogP contribution in [0, 0.1) is 10.1 Å². The normalized spacial score (nSPS) is 29.2. The average Bonchev–Trinajstić information content (AvgIpc) is 2.61. The Kier molecular flexibility index (Phi) is 2.65. The van der Waals surface area contributed by atoms with Gasteiger partial charge in [0.05, 0.1) is 4.92 Å². The summed E-state index contributed by atoms with van der Waals surface area (Å²) in [6.07, 6.45) is 1.96. The molecule has 0 aliphatic carbocycles. The van der Waals surface area contributed by atoms with Crippen LogP contribution in [0.1, 0.15) is 19.8 Å². The minimum absolute atomic E-state index is 0.0576. The van der Waals surface area contributed by atoms with Crippen LogP contribution in [-0.2, 0) is 0 Å². The van der Waals surface area contributed by atoms with E-state index in [4.69, 9.17) is 0 Å². The van der Waals surface area contributed by atoms with Gasteiger partial charge in [0.25, 0.3) is 5.69 Å². The number of hydrogen-bond acceptors (Lipinski definition) is 3. The van der Waals surface area contributed by atoms with E-state index in [2.05, 4.69) is 0 Å². The molecule has 0 saturated carbocycles. The molecule has 2 atom stereocenters. The third kappa shape index (κ3) is 1.68. The molecule has 1 unspecified atom stereocenters. The van der Waals surface area contributed by atoms with E-state index in [9.17, 15) is 15.3 Å². The van der Waals surface area contributed by atoms with Gasteiger partial charge in [0.15, 0.2) is 5.69 Å². The van der Waals surface area contributed by atoms with Crippen LogP contribution in [-0.4, -0.2) is 22.7 Å². The van der Waals surface area contributed by atoms with Crippen molar-refractivity contribution in [2.75, 3.05) is 6.54 Å². The molecule has 2 rings (SSSR count). The molecular formula is C11H15N2O3+. The van der Waals surface area contributed by atoms with Gasteiger partial charge in [-0.25, -0.2) is 5.21 Å². The van der Waals surface area contributed by atoms with Crippen LogP contribution in [0.25, 0.3) is 0 Å². The molecule has 5 heteroatoms. The molecule has 1 heterocycles. The van der Waals surface area contributed by atoms with Crippen molar-refractivity contribution in [3.63, 3.8) is 0 Å². The first kappa shape index (κ1) is 11.0. The van der Waals surface area contributed by atoms with E-state index in [0.29, 0.717) is 6.54 Å². The van der Waals surface area contributed by atoms with Crippen molar-refractivity contribution < 1.29 is 10.1 Å². The van der Waals surface area contributed by atoms with E-state index in [1.807, 2.05) is 6.92 Å². The number of quaternary nitrogens is 1. The SMILES string of the molecule is C[C@@H]1CCC[N+]1(O)c1ccc([N+](=O)[O-])cc1. The fourth-order valence-electron chi connectivity index (χ4n) is 2.28. The van der Waals surface area contributed by atoms with Crippen molar-refractivity contribution in [2.24, 2.45) is 0 Å². The molecule has 1 N–H and O–H groups in total. The second kappa shape index (κ2) is 3.84. The van der Waals surface area contributed by atoms with Crippen molar-refractivity contribution >= 4 is 11.4 Å². The summed E-state index contributed by atoms with van der Waals surface area (Å²) in [6, 6.07) is 6.31. The van der Waals surface area contributed by atoms with Gasteiger partial charge in [-0.05, 0) is 6.92 Å². The van der Waals surface area contributed by atoms with E-state index < -0.39 is 4.92 Å². The van der Waals surface area contributed by atoms with Gasteiger partial charge in [0, 0.05) is 37.1 Å². The van der Waals surface area contributed by atoms with Crippen molar-refractivity contribution in [3.8, 4) is 0 Å². The summed E-state index contributed by atoms with van der Waals surface area (Å²) in [7, 11) is 0. The molecule has 1 aromatic rings. The van der Waals surface area contributed by atoms with Crippen LogP contribution in [0.2, 0.25) is 0 Å². The van der Waals surface area contributed by atoms with Crippen LogP contribution in [0.4, 0.5) is 11.4 Å². The second-order valence-electron chi connectivity index (χ2n) is 4.32. The van der Waals surface area contributed by atoms with Crippen LogP contribution in [0.3, 0.4) is 0 Å². The molecule has 1 aliphatic rings. The Balaban J connectivity index is 2.31. The highest BCUT2D eigenvalue weighted by Crippen LogP contribution is 2.32. The Hall–Kier alpha value is -1.46. The van der Waals surface area contributed by atoms with Gasteiger partial charge < -0.3 is 0 Å². The Morgan fingerprint density at radius 1 is 1.44 bits per heavy atom. The third-order valence-corrected chi connectivity index (χ3v) is 3.36. The Bertz CT molecular complexity index is 404. The maximum Gasteiger partial charge on any atom is 0.269 e. The summed E-state index contributed by atoms with van der Waals surface area (Å²) in [4.78, 5) is 10.1. The number of nitro benzene ring substituents is 1. The third-order valence-electron chi connectivity index (χ3n) is 3.36. The van der Waals surface area contributed by atoms with Crippen LogP contribution < -0.4 is 4.65 Å². The molecular weight excluding hydrogens is 208 g/mol. The number of nitrogens with zero attached hydrogens (tertiary/aromatic N) is 2. The Morgan fingerprint density at radius 2 is 2.06 bits per heavy atom. The van der Waals surface area contributed by atoms with Crippen LogP contribution in [0.15, 0.2) is 24.3 Å². The number of nitro groups is 1. The summed E-state index contributed by atoms with van der Waals surface area (Å²) < 4.78 is -0.0992. The van der Waals surface area contributed by atoms with Gasteiger partial charge in [0.1, 0.15) is 12.6 Å². The minimum atomic E-state index is -0.432. The monoisotopic (exact) mass is 223 g/mol. The lowest BCUT2D eigenvalue weighted by molar-refractivity contribution is -0.384. The highest BCUT2D eigenvalue weighted by molar-refractivity contribution is 5.47. The number of hydrogen-bond donors (Lipinski definition) is 1. The van der Waals surface area contributed by atoms with Gasteiger partial charge in [0.2, 0.25) is 0 Å². The van der Waals surface area contributed by atoms with Gasteiger partial charge in [-0.15, -0.1) is 4.65 Å². The second-order valence-corrected chi connectivity index (χ2v) is 4.32. The lowest BCUT2D eigenvalue weighted by atomic mass is 10.2. The number of hydroxylamine groups is 2. The first-order valence-corrected chi connectivity index (χ1v) is 5.39. The summed E-state index contributed by atoms with van der Waals surface area (Å²) in [6.45, 7) is 2.67. The van der Waals surface area contributed by atoms with E-state index in [1.165, 1.54) is 12.1 Å². The smallest absolute Gasteiger partial charge is 0.258 e. The highest BCUT2D eigenvalue weighted by atomic mass is 16.6. The predicted molar refractivity (Wildman–Crippen MR) is 60.2 cm³/mol. The largest absolute Gasteiger partial charge is 0.269 e. The maximum absolute atomic E-state index is 10.5. The quantitative estimate of drug-likeness (QED) is 0.476. The number of non-ortho nitro benzene ring substituents is 1. The van der Waals surface area contributed by atoms with Gasteiger partial charge in [-0.3, -0.25) is 10.1 Å². The molecule has 1 fully saturated rings. The van der Waals surface area contributed by atoms with E-state index in [0.717, 1.165) is 18.5 Å². The standard InChI is InChI=1S/C11H15N2O3/c1-9-3-2-8-13(9,16)11-6-4-10(5-7-11)12(14)15/h4-7,9,16H,2-3,8H2,1H3/q+1/t9-,13?/m1/s1. The molecule has 86 valence electrons. The molecule has 16 heavy (non-hydrogen) atoms. The first-order valence-electron chi connectivity index (χ1n) is 5.39. The summed E-state index contributed by atoms with van der Waals surface area (Å²) >= 11 is 0.